The monoisotopic (exact) mass is 275 g/mol. The Bertz CT molecular complexity index is 769. The lowest BCUT2D eigenvalue weighted by Crippen LogP contribution is -2.21. The van der Waals surface area contributed by atoms with Gasteiger partial charge in [-0.25, -0.2) is 8.42 Å². The highest BCUT2D eigenvalue weighted by Crippen LogP contribution is 2.27. The molecule has 3 rings (SSSR count). The summed E-state index contributed by atoms with van der Waals surface area (Å²) in [5.41, 5.74) is 8.04. The van der Waals surface area contributed by atoms with Crippen LogP contribution < -0.4 is 11.1 Å². The lowest BCUT2D eigenvalue weighted by molar-refractivity contribution is 0.605. The maximum Gasteiger partial charge on any atom is 0.173 e. The van der Waals surface area contributed by atoms with E-state index < -0.39 is 9.84 Å². The summed E-state index contributed by atoms with van der Waals surface area (Å²) in [4.78, 5) is 4.24. The molecule has 1 aromatic heterocycles. The lowest BCUT2D eigenvalue weighted by atomic mass is 10.1. The Hall–Kier alpha value is -2.08. The van der Waals surface area contributed by atoms with E-state index in [-0.39, 0.29) is 11.8 Å². The van der Waals surface area contributed by atoms with E-state index in [4.69, 9.17) is 5.73 Å². The van der Waals surface area contributed by atoms with E-state index >= 15 is 0 Å². The number of anilines is 2. The van der Waals surface area contributed by atoms with Crippen molar-refractivity contribution in [2.24, 2.45) is 0 Å². The second kappa shape index (κ2) is 4.24. The zero-order valence-corrected chi connectivity index (χ0v) is 10.9. The maximum absolute atomic E-state index is 11.4. The molecule has 1 aliphatic heterocycles. The highest BCUT2D eigenvalue weighted by Gasteiger charge is 2.21. The first-order chi connectivity index (χ1) is 9.05. The molecule has 0 amide bonds. The largest absolute Gasteiger partial charge is 0.397 e. The molecule has 6 heteroatoms. The highest BCUT2D eigenvalue weighted by molar-refractivity contribution is 7.94. The molecule has 0 aliphatic carbocycles. The Morgan fingerprint density at radius 3 is 2.89 bits per heavy atom. The molecule has 0 saturated carbocycles. The minimum atomic E-state index is -3.06. The molecule has 1 unspecified atom stereocenters. The molecule has 3 N–H and O–H groups in total. The van der Waals surface area contributed by atoms with Crippen LogP contribution >= 0.6 is 0 Å². The number of fused-ring (bicyclic) bond motifs is 1. The van der Waals surface area contributed by atoms with Crippen LogP contribution in [0.1, 0.15) is 0 Å². The average Bonchev–Trinajstić information content (AvgIpc) is 2.73. The van der Waals surface area contributed by atoms with Crippen LogP contribution in [0.3, 0.4) is 0 Å². The average molecular weight is 275 g/mol. The van der Waals surface area contributed by atoms with Crippen LogP contribution in [0.4, 0.5) is 11.4 Å². The van der Waals surface area contributed by atoms with Crippen molar-refractivity contribution in [3.05, 3.63) is 41.9 Å². The molecule has 98 valence electrons. The van der Waals surface area contributed by atoms with Crippen LogP contribution in [-0.4, -0.2) is 25.2 Å². The van der Waals surface area contributed by atoms with Crippen molar-refractivity contribution in [2.75, 3.05) is 16.8 Å². The third-order valence-electron chi connectivity index (χ3n) is 3.07. The second-order valence-electron chi connectivity index (χ2n) is 4.51. The molecular formula is C13H13N3O2S. The topological polar surface area (TPSA) is 85.1 Å². The van der Waals surface area contributed by atoms with Gasteiger partial charge in [-0.15, -0.1) is 0 Å². The van der Waals surface area contributed by atoms with Gasteiger partial charge in [-0.3, -0.25) is 4.98 Å². The first-order valence-electron chi connectivity index (χ1n) is 5.86. The number of rotatable bonds is 2. The molecule has 0 fully saturated rings. The van der Waals surface area contributed by atoms with E-state index in [0.29, 0.717) is 5.69 Å². The Balaban J connectivity index is 1.99. The minimum absolute atomic E-state index is 0.0825. The van der Waals surface area contributed by atoms with Gasteiger partial charge in [0.15, 0.2) is 9.84 Å². The number of aromatic nitrogens is 1. The SMILES string of the molecule is Nc1ccc(NC2C=CS(=O)(=O)C2)c2cccnc12. The lowest BCUT2D eigenvalue weighted by Gasteiger charge is -2.14. The molecule has 1 atom stereocenters. The summed E-state index contributed by atoms with van der Waals surface area (Å²) in [6.07, 6.45) is 3.34. The summed E-state index contributed by atoms with van der Waals surface area (Å²) in [7, 11) is -3.06. The van der Waals surface area contributed by atoms with E-state index in [1.165, 1.54) is 5.41 Å². The van der Waals surface area contributed by atoms with Crippen LogP contribution in [0.15, 0.2) is 41.9 Å². The molecule has 19 heavy (non-hydrogen) atoms. The number of nitrogens with zero attached hydrogens (tertiary/aromatic N) is 1. The number of nitrogen functional groups attached to an aromatic ring is 1. The van der Waals surface area contributed by atoms with Gasteiger partial charge in [0.25, 0.3) is 0 Å². The van der Waals surface area contributed by atoms with E-state index in [1.807, 2.05) is 18.2 Å². The number of hydrogen-bond donors (Lipinski definition) is 2. The van der Waals surface area contributed by atoms with E-state index in [2.05, 4.69) is 10.3 Å². The smallest absolute Gasteiger partial charge is 0.173 e. The quantitative estimate of drug-likeness (QED) is 0.812. The molecule has 1 aliphatic rings. The summed E-state index contributed by atoms with van der Waals surface area (Å²) >= 11 is 0. The van der Waals surface area contributed by atoms with Crippen molar-refractivity contribution in [3.8, 4) is 0 Å². The van der Waals surface area contributed by atoms with E-state index in [9.17, 15) is 8.42 Å². The number of sulfone groups is 1. The van der Waals surface area contributed by atoms with Gasteiger partial charge < -0.3 is 11.1 Å². The van der Waals surface area contributed by atoms with Crippen molar-refractivity contribution in [2.45, 2.75) is 6.04 Å². The Labute approximate surface area is 111 Å². The third kappa shape index (κ3) is 2.26. The van der Waals surface area contributed by atoms with Crippen LogP contribution in [-0.2, 0) is 9.84 Å². The van der Waals surface area contributed by atoms with Crippen LogP contribution in [0.5, 0.6) is 0 Å². The minimum Gasteiger partial charge on any atom is -0.397 e. The fourth-order valence-corrected chi connectivity index (χ4v) is 3.42. The number of pyridine rings is 1. The fourth-order valence-electron chi connectivity index (χ4n) is 2.19. The van der Waals surface area contributed by atoms with Gasteiger partial charge in [-0.2, -0.15) is 0 Å². The van der Waals surface area contributed by atoms with Gasteiger partial charge >= 0.3 is 0 Å². The second-order valence-corrected chi connectivity index (χ2v) is 6.44. The third-order valence-corrected chi connectivity index (χ3v) is 4.47. The molecule has 2 aromatic rings. The predicted octanol–water partition coefficient (Wildman–Crippen LogP) is 1.54. The van der Waals surface area contributed by atoms with Crippen molar-refractivity contribution >= 4 is 32.1 Å². The molecule has 0 bridgehead atoms. The standard InChI is InChI=1S/C13H13N3O2S/c14-11-3-4-12(10-2-1-6-15-13(10)11)16-9-5-7-19(17,18)8-9/h1-7,9,16H,8,14H2. The zero-order valence-electron chi connectivity index (χ0n) is 10.1. The molecular weight excluding hydrogens is 262 g/mol. The van der Waals surface area contributed by atoms with Crippen molar-refractivity contribution in [3.63, 3.8) is 0 Å². The zero-order chi connectivity index (χ0) is 13.5. The van der Waals surface area contributed by atoms with Gasteiger partial charge in [0.05, 0.1) is 23.0 Å². The molecule has 5 nitrogen and oxygen atoms in total. The maximum atomic E-state index is 11.4. The Kier molecular flexibility index (Phi) is 2.67. The van der Waals surface area contributed by atoms with E-state index in [0.717, 1.165) is 16.6 Å². The van der Waals surface area contributed by atoms with Crippen LogP contribution in [0.25, 0.3) is 10.9 Å². The molecule has 0 radical (unpaired) electrons. The molecule has 1 aromatic carbocycles. The highest BCUT2D eigenvalue weighted by atomic mass is 32.2. The molecule has 0 saturated heterocycles. The fraction of sp³-hybridized carbons (Fsp3) is 0.154. The molecule has 0 spiro atoms. The summed E-state index contributed by atoms with van der Waals surface area (Å²) < 4.78 is 22.8. The summed E-state index contributed by atoms with van der Waals surface area (Å²) in [6.45, 7) is 0. The normalized spacial score (nSPS) is 20.7. The van der Waals surface area contributed by atoms with Crippen molar-refractivity contribution in [1.82, 2.24) is 4.98 Å². The van der Waals surface area contributed by atoms with Crippen LogP contribution in [0, 0.1) is 0 Å². The number of hydrogen-bond acceptors (Lipinski definition) is 5. The number of benzene rings is 1. The van der Waals surface area contributed by atoms with Gasteiger partial charge in [0, 0.05) is 22.7 Å². The predicted molar refractivity (Wildman–Crippen MR) is 76.5 cm³/mol. The van der Waals surface area contributed by atoms with Gasteiger partial charge in [-0.05, 0) is 24.3 Å². The van der Waals surface area contributed by atoms with E-state index in [1.54, 1.807) is 18.3 Å². The first-order valence-corrected chi connectivity index (χ1v) is 7.57. The summed E-state index contributed by atoms with van der Waals surface area (Å²) in [5.74, 6) is 0.0825. The van der Waals surface area contributed by atoms with Gasteiger partial charge in [0.2, 0.25) is 0 Å². The summed E-state index contributed by atoms with van der Waals surface area (Å²) in [6, 6.07) is 7.14. The van der Waals surface area contributed by atoms with Crippen molar-refractivity contribution < 1.29 is 8.42 Å². The number of nitrogens with one attached hydrogen (secondary N) is 1. The molecule has 2 heterocycles. The Morgan fingerprint density at radius 1 is 1.32 bits per heavy atom. The Morgan fingerprint density at radius 2 is 2.16 bits per heavy atom. The summed E-state index contributed by atoms with van der Waals surface area (Å²) in [5, 5.41) is 5.35. The van der Waals surface area contributed by atoms with Crippen molar-refractivity contribution in [1.29, 1.82) is 0 Å². The first kappa shape index (κ1) is 12.0. The van der Waals surface area contributed by atoms with Crippen LogP contribution in [0.2, 0.25) is 0 Å². The van der Waals surface area contributed by atoms with Gasteiger partial charge in [-0.1, -0.05) is 6.08 Å². The van der Waals surface area contributed by atoms with Gasteiger partial charge in [0.1, 0.15) is 0 Å². The number of nitrogens with two attached hydrogens (primary N) is 1.